The van der Waals surface area contributed by atoms with Crippen molar-refractivity contribution >= 4 is 11.8 Å². The first-order valence-electron chi connectivity index (χ1n) is 5.60. The highest BCUT2D eigenvalue weighted by atomic mass is 32.2. The summed E-state index contributed by atoms with van der Waals surface area (Å²) in [4.78, 5) is 0. The van der Waals surface area contributed by atoms with Crippen LogP contribution in [0.3, 0.4) is 0 Å². The van der Waals surface area contributed by atoms with Crippen LogP contribution in [0.5, 0.6) is 0 Å². The second kappa shape index (κ2) is 8.57. The molecule has 14 heavy (non-hydrogen) atoms. The highest BCUT2D eigenvalue weighted by Gasteiger charge is 2.07. The number of rotatable bonds is 8. The van der Waals surface area contributed by atoms with Gasteiger partial charge >= 0.3 is 0 Å². The second-order valence-electron chi connectivity index (χ2n) is 4.77. The van der Waals surface area contributed by atoms with Crippen LogP contribution in [0.1, 0.15) is 40.5 Å². The van der Waals surface area contributed by atoms with Crippen molar-refractivity contribution in [3.05, 3.63) is 0 Å². The van der Waals surface area contributed by atoms with E-state index < -0.39 is 0 Å². The molecule has 0 aromatic rings. The third-order valence-electron chi connectivity index (χ3n) is 2.10. The van der Waals surface area contributed by atoms with Gasteiger partial charge in [-0.2, -0.15) is 11.8 Å². The minimum absolute atomic E-state index is 0.487. The topological polar surface area (TPSA) is 38.0 Å². The van der Waals surface area contributed by atoms with Crippen LogP contribution in [-0.4, -0.2) is 17.5 Å². The minimum Gasteiger partial charge on any atom is -0.271 e. The molecule has 0 spiro atoms. The normalized spacial score (nSPS) is 13.9. The summed E-state index contributed by atoms with van der Waals surface area (Å²) in [7, 11) is 0. The summed E-state index contributed by atoms with van der Waals surface area (Å²) in [6.45, 7) is 9.03. The third-order valence-corrected chi connectivity index (χ3v) is 3.64. The fourth-order valence-electron chi connectivity index (χ4n) is 1.20. The molecular weight excluding hydrogens is 192 g/mol. The van der Waals surface area contributed by atoms with Crippen molar-refractivity contribution in [2.45, 2.75) is 46.6 Å². The second-order valence-corrected chi connectivity index (χ2v) is 5.84. The summed E-state index contributed by atoms with van der Waals surface area (Å²) in [6.07, 6.45) is 2.45. The molecule has 0 amide bonds. The minimum atomic E-state index is 0.487. The van der Waals surface area contributed by atoms with E-state index in [9.17, 15) is 0 Å². The van der Waals surface area contributed by atoms with Crippen molar-refractivity contribution in [1.29, 1.82) is 0 Å². The predicted molar refractivity (Wildman–Crippen MR) is 67.3 cm³/mol. The maximum Gasteiger partial charge on any atom is 0.0301 e. The Morgan fingerprint density at radius 1 is 1.00 bits per heavy atom. The average molecular weight is 218 g/mol. The molecule has 3 heteroatoms. The molecule has 3 N–H and O–H groups in total. The third kappa shape index (κ3) is 8.85. The van der Waals surface area contributed by atoms with E-state index >= 15 is 0 Å². The van der Waals surface area contributed by atoms with Crippen LogP contribution < -0.4 is 11.3 Å². The fourth-order valence-corrected chi connectivity index (χ4v) is 2.35. The van der Waals surface area contributed by atoms with Gasteiger partial charge in [-0.15, -0.1) is 0 Å². The van der Waals surface area contributed by atoms with Gasteiger partial charge in [0.1, 0.15) is 0 Å². The number of hydrazine groups is 1. The van der Waals surface area contributed by atoms with Crippen molar-refractivity contribution in [2.75, 3.05) is 11.5 Å². The van der Waals surface area contributed by atoms with Gasteiger partial charge in [0.2, 0.25) is 0 Å². The van der Waals surface area contributed by atoms with E-state index in [0.717, 1.165) is 17.6 Å². The van der Waals surface area contributed by atoms with Crippen molar-refractivity contribution in [1.82, 2.24) is 5.43 Å². The molecule has 0 aliphatic carbocycles. The van der Waals surface area contributed by atoms with Gasteiger partial charge in [0, 0.05) is 11.8 Å². The summed E-state index contributed by atoms with van der Waals surface area (Å²) < 4.78 is 0. The first-order chi connectivity index (χ1) is 6.56. The number of thioether (sulfide) groups is 1. The Bertz CT molecular complexity index is 126. The first-order valence-corrected chi connectivity index (χ1v) is 6.75. The molecule has 0 aromatic carbocycles. The number of nitrogens with one attached hydrogen (secondary N) is 1. The van der Waals surface area contributed by atoms with Crippen molar-refractivity contribution in [3.8, 4) is 0 Å². The van der Waals surface area contributed by atoms with Crippen LogP contribution >= 0.6 is 11.8 Å². The Morgan fingerprint density at radius 2 is 1.64 bits per heavy atom. The van der Waals surface area contributed by atoms with Gasteiger partial charge < -0.3 is 0 Å². The zero-order chi connectivity index (χ0) is 11.0. The predicted octanol–water partition coefficient (Wildman–Crippen LogP) is 2.64. The van der Waals surface area contributed by atoms with E-state index in [1.807, 2.05) is 11.8 Å². The largest absolute Gasteiger partial charge is 0.271 e. The Hall–Kier alpha value is 0.270. The smallest absolute Gasteiger partial charge is 0.0301 e. The van der Waals surface area contributed by atoms with Crippen LogP contribution in [0.4, 0.5) is 0 Å². The van der Waals surface area contributed by atoms with Gasteiger partial charge in [0.05, 0.1) is 0 Å². The van der Waals surface area contributed by atoms with E-state index in [1.54, 1.807) is 0 Å². The molecule has 1 atom stereocenters. The van der Waals surface area contributed by atoms with Gasteiger partial charge in [-0.25, -0.2) is 0 Å². The standard InChI is InChI=1S/C11H26N2S/c1-9(2)5-6-11(13-12)8-14-7-10(3)4/h9-11,13H,5-8,12H2,1-4H3. The van der Waals surface area contributed by atoms with Crippen molar-refractivity contribution < 1.29 is 0 Å². The van der Waals surface area contributed by atoms with E-state index in [4.69, 9.17) is 5.84 Å². The van der Waals surface area contributed by atoms with E-state index in [-0.39, 0.29) is 0 Å². The van der Waals surface area contributed by atoms with Crippen LogP contribution in [0.25, 0.3) is 0 Å². The van der Waals surface area contributed by atoms with Crippen molar-refractivity contribution in [3.63, 3.8) is 0 Å². The highest BCUT2D eigenvalue weighted by molar-refractivity contribution is 7.99. The summed E-state index contributed by atoms with van der Waals surface area (Å²) in [5.74, 6) is 9.45. The van der Waals surface area contributed by atoms with Crippen LogP contribution in [0.15, 0.2) is 0 Å². The lowest BCUT2D eigenvalue weighted by molar-refractivity contribution is 0.463. The molecule has 0 saturated heterocycles. The molecule has 86 valence electrons. The summed E-state index contributed by atoms with van der Waals surface area (Å²) >= 11 is 2.00. The van der Waals surface area contributed by atoms with Gasteiger partial charge in [-0.1, -0.05) is 27.7 Å². The lowest BCUT2D eigenvalue weighted by atomic mass is 10.0. The molecule has 0 aliphatic heterocycles. The summed E-state index contributed by atoms with van der Waals surface area (Å²) in [5.41, 5.74) is 2.91. The monoisotopic (exact) mass is 218 g/mol. The molecule has 0 saturated carbocycles. The Morgan fingerprint density at radius 3 is 2.07 bits per heavy atom. The Balaban J connectivity index is 3.48. The van der Waals surface area contributed by atoms with E-state index in [0.29, 0.717) is 6.04 Å². The van der Waals surface area contributed by atoms with E-state index in [2.05, 4.69) is 33.1 Å². The lowest BCUT2D eigenvalue weighted by Crippen LogP contribution is -2.37. The molecule has 0 aromatic heterocycles. The Labute approximate surface area is 93.4 Å². The molecule has 0 radical (unpaired) electrons. The quantitative estimate of drug-likeness (QED) is 0.486. The molecule has 0 fully saturated rings. The Kier molecular flexibility index (Phi) is 8.73. The van der Waals surface area contributed by atoms with Crippen LogP contribution in [-0.2, 0) is 0 Å². The van der Waals surface area contributed by atoms with Crippen molar-refractivity contribution in [2.24, 2.45) is 17.7 Å². The molecule has 0 rings (SSSR count). The van der Waals surface area contributed by atoms with Gasteiger partial charge in [0.15, 0.2) is 0 Å². The molecule has 0 bridgehead atoms. The molecule has 2 nitrogen and oxygen atoms in total. The van der Waals surface area contributed by atoms with E-state index in [1.165, 1.54) is 18.6 Å². The van der Waals surface area contributed by atoms with Gasteiger partial charge in [-0.3, -0.25) is 11.3 Å². The molecule has 1 unspecified atom stereocenters. The lowest BCUT2D eigenvalue weighted by Gasteiger charge is -2.17. The van der Waals surface area contributed by atoms with Crippen LogP contribution in [0.2, 0.25) is 0 Å². The summed E-state index contributed by atoms with van der Waals surface area (Å²) in [6, 6.07) is 0.487. The summed E-state index contributed by atoms with van der Waals surface area (Å²) in [5, 5.41) is 0. The fraction of sp³-hybridized carbons (Fsp3) is 1.00. The molecular formula is C11H26N2S. The number of hydrogen-bond donors (Lipinski definition) is 2. The number of hydrogen-bond acceptors (Lipinski definition) is 3. The zero-order valence-corrected chi connectivity index (χ0v) is 10.9. The SMILES string of the molecule is CC(C)CCC(CSCC(C)C)NN. The maximum absolute atomic E-state index is 5.51. The maximum atomic E-state index is 5.51. The molecule has 0 heterocycles. The highest BCUT2D eigenvalue weighted by Crippen LogP contribution is 2.13. The van der Waals surface area contributed by atoms with Gasteiger partial charge in [0.25, 0.3) is 0 Å². The molecule has 0 aliphatic rings. The van der Waals surface area contributed by atoms with Gasteiger partial charge in [-0.05, 0) is 30.4 Å². The average Bonchev–Trinajstić information content (AvgIpc) is 2.10. The van der Waals surface area contributed by atoms with Crippen LogP contribution in [0, 0.1) is 11.8 Å². The number of nitrogens with two attached hydrogens (primary N) is 1. The first kappa shape index (κ1) is 14.3. The zero-order valence-electron chi connectivity index (χ0n) is 10.0.